The van der Waals surface area contributed by atoms with Crippen molar-refractivity contribution in [1.82, 2.24) is 24.8 Å². The van der Waals surface area contributed by atoms with Crippen LogP contribution in [0.1, 0.15) is 20.3 Å². The van der Waals surface area contributed by atoms with Crippen molar-refractivity contribution in [3.05, 3.63) is 40.9 Å². The zero-order chi connectivity index (χ0) is 24.7. The molecule has 0 saturated heterocycles. The number of nitrogens with zero attached hydrogens (tertiary/aromatic N) is 4. The number of aliphatic hydroxyl groups excluding tert-OH is 1. The predicted molar refractivity (Wildman–Crippen MR) is 128 cm³/mol. The fraction of sp³-hybridized carbons (Fsp3) is 0.435. The zero-order valence-corrected chi connectivity index (χ0v) is 19.8. The van der Waals surface area contributed by atoms with Gasteiger partial charge in [-0.2, -0.15) is 0 Å². The van der Waals surface area contributed by atoms with Crippen LogP contribution in [0.15, 0.2) is 35.4 Å². The van der Waals surface area contributed by atoms with E-state index in [1.807, 2.05) is 19.1 Å². The number of ether oxygens (including phenoxy) is 2. The molecule has 0 aliphatic carbocycles. The van der Waals surface area contributed by atoms with Crippen molar-refractivity contribution >= 4 is 22.9 Å². The number of aromatic nitrogens is 4. The molecule has 3 N–H and O–H groups in total. The first kappa shape index (κ1) is 25.1. The van der Waals surface area contributed by atoms with Crippen molar-refractivity contribution in [1.29, 1.82) is 0 Å². The number of nitrogens with one attached hydrogen (secondary N) is 2. The molecular weight excluding hydrogens is 440 g/mol. The first-order valence-electron chi connectivity index (χ1n) is 11.0. The van der Waals surface area contributed by atoms with Gasteiger partial charge in [0.15, 0.2) is 11.5 Å². The van der Waals surface area contributed by atoms with Gasteiger partial charge < -0.3 is 25.2 Å². The fourth-order valence-electron chi connectivity index (χ4n) is 3.36. The highest BCUT2D eigenvalue weighted by Gasteiger charge is 2.33. The number of hydrogen-bond donors (Lipinski definition) is 3. The summed E-state index contributed by atoms with van der Waals surface area (Å²) in [7, 11) is 2.99. The molecule has 0 fully saturated rings. The number of carbonyl (C=O) groups excluding carboxylic acids is 1. The highest BCUT2D eigenvalue weighted by atomic mass is 16.5. The molecular formula is C23H30N6O5. The maximum absolute atomic E-state index is 13.4. The minimum Gasteiger partial charge on any atom is -0.481 e. The Hall–Kier alpha value is -3.57. The monoisotopic (exact) mass is 470 g/mol. The van der Waals surface area contributed by atoms with E-state index < -0.39 is 23.6 Å². The van der Waals surface area contributed by atoms with Gasteiger partial charge in [-0.3, -0.25) is 14.2 Å². The molecule has 0 radical (unpaired) electrons. The van der Waals surface area contributed by atoms with Crippen molar-refractivity contribution in [2.24, 2.45) is 0 Å². The molecule has 11 nitrogen and oxygen atoms in total. The van der Waals surface area contributed by atoms with Gasteiger partial charge in [0.25, 0.3) is 5.56 Å². The van der Waals surface area contributed by atoms with Gasteiger partial charge in [-0.1, -0.05) is 6.92 Å². The van der Waals surface area contributed by atoms with Gasteiger partial charge in [0, 0.05) is 49.8 Å². The third-order valence-corrected chi connectivity index (χ3v) is 5.33. The molecule has 3 aromatic rings. The van der Waals surface area contributed by atoms with E-state index in [-0.39, 0.29) is 12.4 Å². The molecule has 34 heavy (non-hydrogen) atoms. The molecule has 0 aliphatic rings. The third kappa shape index (κ3) is 5.32. The van der Waals surface area contributed by atoms with Crippen LogP contribution in [0.4, 0.5) is 5.82 Å². The molecule has 3 rings (SSSR count). The summed E-state index contributed by atoms with van der Waals surface area (Å²) in [5, 5.41) is 15.1. The van der Waals surface area contributed by atoms with E-state index in [1.165, 1.54) is 18.5 Å². The summed E-state index contributed by atoms with van der Waals surface area (Å²) >= 11 is 0. The van der Waals surface area contributed by atoms with Crippen LogP contribution in [0.2, 0.25) is 0 Å². The summed E-state index contributed by atoms with van der Waals surface area (Å²) in [6.07, 6.45) is 4.15. The SMILES string of the molecule is CCCOCCn1c(=O)c(N[C@@](C)(CO)C(=O)NC)nc2ncc(-c3ccc(OC)nc3)cc21. The van der Waals surface area contributed by atoms with E-state index >= 15 is 0 Å². The van der Waals surface area contributed by atoms with Crippen LogP contribution in [-0.4, -0.2) is 70.0 Å². The topological polar surface area (TPSA) is 140 Å². The summed E-state index contributed by atoms with van der Waals surface area (Å²) in [4.78, 5) is 38.7. The second kappa shape index (κ2) is 11.0. The second-order valence-electron chi connectivity index (χ2n) is 7.88. The fourth-order valence-corrected chi connectivity index (χ4v) is 3.36. The number of rotatable bonds is 11. The minimum absolute atomic E-state index is 0.0884. The summed E-state index contributed by atoms with van der Waals surface area (Å²) in [5.41, 5.74) is 0.460. The number of fused-ring (bicyclic) bond motifs is 1. The number of likely N-dealkylation sites (N-methyl/N-ethyl adjacent to an activating group) is 1. The van der Waals surface area contributed by atoms with E-state index in [1.54, 1.807) is 25.6 Å². The quantitative estimate of drug-likeness (QED) is 0.353. The molecule has 0 aromatic carbocycles. The van der Waals surface area contributed by atoms with Crippen LogP contribution < -0.4 is 20.9 Å². The average molecular weight is 471 g/mol. The minimum atomic E-state index is -1.44. The first-order chi connectivity index (χ1) is 16.4. The maximum atomic E-state index is 13.4. The van der Waals surface area contributed by atoms with Gasteiger partial charge >= 0.3 is 0 Å². The molecule has 0 saturated carbocycles. The lowest BCUT2D eigenvalue weighted by Gasteiger charge is -2.27. The molecule has 0 spiro atoms. The van der Waals surface area contributed by atoms with Crippen molar-refractivity contribution in [2.45, 2.75) is 32.4 Å². The second-order valence-corrected chi connectivity index (χ2v) is 7.88. The lowest BCUT2D eigenvalue weighted by Crippen LogP contribution is -2.53. The average Bonchev–Trinajstić information content (AvgIpc) is 2.87. The van der Waals surface area contributed by atoms with Crippen LogP contribution in [0, 0.1) is 0 Å². The summed E-state index contributed by atoms with van der Waals surface area (Å²) < 4.78 is 12.2. The van der Waals surface area contributed by atoms with Crippen LogP contribution in [0.25, 0.3) is 22.3 Å². The Morgan fingerprint density at radius 1 is 1.21 bits per heavy atom. The Balaban J connectivity index is 2.10. The van der Waals surface area contributed by atoms with Gasteiger partial charge in [0.05, 0.1) is 25.8 Å². The molecule has 0 bridgehead atoms. The molecule has 182 valence electrons. The highest BCUT2D eigenvalue weighted by Crippen LogP contribution is 2.23. The van der Waals surface area contributed by atoms with Crippen LogP contribution in [0.3, 0.4) is 0 Å². The van der Waals surface area contributed by atoms with Gasteiger partial charge in [-0.05, 0) is 25.5 Å². The number of carbonyl (C=O) groups is 1. The standard InChI is InChI=1S/C23H30N6O5/c1-5-9-34-10-8-29-17-11-16(15-6-7-18(33-4)25-12-15)13-26-19(17)27-20(21(29)31)28-23(2,14-30)22(32)24-3/h6-7,11-13,30H,5,8-10,14H2,1-4H3,(H,24,32)(H,26,27,28)/t23-/m0/s1. The van der Waals surface area contributed by atoms with Gasteiger partial charge in [-0.25, -0.2) is 15.0 Å². The Bertz CT molecular complexity index is 1200. The Labute approximate surface area is 197 Å². The molecule has 0 aliphatic heterocycles. The third-order valence-electron chi connectivity index (χ3n) is 5.33. The van der Waals surface area contributed by atoms with Crippen molar-refractivity contribution in [2.75, 3.05) is 39.3 Å². The first-order valence-corrected chi connectivity index (χ1v) is 11.0. The van der Waals surface area contributed by atoms with Crippen LogP contribution in [-0.2, 0) is 16.1 Å². The number of aliphatic hydroxyl groups is 1. The number of hydrogen-bond acceptors (Lipinski definition) is 9. The number of amides is 1. The van der Waals surface area contributed by atoms with E-state index in [0.29, 0.717) is 30.3 Å². The summed E-state index contributed by atoms with van der Waals surface area (Å²) in [6.45, 7) is 4.09. The van der Waals surface area contributed by atoms with E-state index in [9.17, 15) is 14.7 Å². The van der Waals surface area contributed by atoms with Crippen LogP contribution >= 0.6 is 0 Å². The largest absolute Gasteiger partial charge is 0.481 e. The number of methoxy groups -OCH3 is 1. The van der Waals surface area contributed by atoms with E-state index in [4.69, 9.17) is 9.47 Å². The van der Waals surface area contributed by atoms with Crippen LogP contribution in [0.5, 0.6) is 5.88 Å². The zero-order valence-electron chi connectivity index (χ0n) is 19.8. The predicted octanol–water partition coefficient (Wildman–Crippen LogP) is 1.20. The van der Waals surface area contributed by atoms with Gasteiger partial charge in [0.1, 0.15) is 5.54 Å². The normalized spacial score (nSPS) is 12.9. The molecule has 3 heterocycles. The lowest BCUT2D eigenvalue weighted by atomic mass is 10.0. The molecule has 1 atom stereocenters. The number of pyridine rings is 2. The Morgan fingerprint density at radius 2 is 1.97 bits per heavy atom. The van der Waals surface area contributed by atoms with Gasteiger partial charge in [0.2, 0.25) is 11.8 Å². The Morgan fingerprint density at radius 3 is 2.59 bits per heavy atom. The van der Waals surface area contributed by atoms with E-state index in [2.05, 4.69) is 25.6 Å². The van der Waals surface area contributed by atoms with Gasteiger partial charge in [-0.15, -0.1) is 0 Å². The Kier molecular flexibility index (Phi) is 8.13. The lowest BCUT2D eigenvalue weighted by molar-refractivity contribution is -0.125. The number of anilines is 1. The molecule has 0 unspecified atom stereocenters. The molecule has 1 amide bonds. The maximum Gasteiger partial charge on any atom is 0.294 e. The summed E-state index contributed by atoms with van der Waals surface area (Å²) in [6, 6.07) is 5.40. The van der Waals surface area contributed by atoms with Crippen molar-refractivity contribution < 1.29 is 19.4 Å². The van der Waals surface area contributed by atoms with Crippen molar-refractivity contribution in [3.63, 3.8) is 0 Å². The summed E-state index contributed by atoms with van der Waals surface area (Å²) in [5.74, 6) is -0.0816. The molecule has 3 aromatic heterocycles. The molecule has 11 heteroatoms. The van der Waals surface area contributed by atoms with Crippen molar-refractivity contribution in [3.8, 4) is 17.0 Å². The smallest absolute Gasteiger partial charge is 0.294 e. The highest BCUT2D eigenvalue weighted by molar-refractivity contribution is 5.89. The van der Waals surface area contributed by atoms with E-state index in [0.717, 1.165) is 17.5 Å².